The molecule has 0 aromatic carbocycles. The summed E-state index contributed by atoms with van der Waals surface area (Å²) in [5.74, 6) is 0.0417. The van der Waals surface area contributed by atoms with E-state index in [1.54, 1.807) is 0 Å². The number of esters is 1. The summed E-state index contributed by atoms with van der Waals surface area (Å²) >= 11 is 4.35. The maximum absolute atomic E-state index is 11.1. The Kier molecular flexibility index (Phi) is 3.24. The van der Waals surface area contributed by atoms with E-state index in [2.05, 4.69) is 17.4 Å². The van der Waals surface area contributed by atoms with Gasteiger partial charge < -0.3 is 4.74 Å². The van der Waals surface area contributed by atoms with Gasteiger partial charge in [-0.3, -0.25) is 4.79 Å². The summed E-state index contributed by atoms with van der Waals surface area (Å²) in [4.78, 5) is 11.1. The third-order valence-electron chi connectivity index (χ3n) is 2.18. The molecule has 0 aromatic rings. The van der Waals surface area contributed by atoms with E-state index in [0.717, 1.165) is 25.7 Å². The number of thiol groups is 1. The molecule has 1 aliphatic carbocycles. The van der Waals surface area contributed by atoms with E-state index in [9.17, 15) is 4.79 Å². The second-order valence-electron chi connectivity index (χ2n) is 3.04. The van der Waals surface area contributed by atoms with Gasteiger partial charge in [0.2, 0.25) is 0 Å². The van der Waals surface area contributed by atoms with Crippen LogP contribution in [0.5, 0.6) is 0 Å². The molecule has 11 heavy (non-hydrogen) atoms. The molecular weight excluding hydrogens is 160 g/mol. The quantitative estimate of drug-likeness (QED) is 0.483. The average Bonchev–Trinajstić information content (AvgIpc) is 2.03. The van der Waals surface area contributed by atoms with E-state index in [1.807, 2.05) is 0 Å². The molecule has 0 N–H and O–H groups in total. The molecule has 1 rings (SSSR count). The van der Waals surface area contributed by atoms with Gasteiger partial charge in [-0.15, -0.1) is 0 Å². The molecule has 2 nitrogen and oxygen atoms in total. The van der Waals surface area contributed by atoms with Gasteiger partial charge in [-0.2, -0.15) is 12.6 Å². The average molecular weight is 174 g/mol. The van der Waals surface area contributed by atoms with E-state index in [0.29, 0.717) is 5.25 Å². The first kappa shape index (κ1) is 8.91. The molecule has 64 valence electrons. The predicted molar refractivity (Wildman–Crippen MR) is 46.7 cm³/mol. The van der Waals surface area contributed by atoms with Crippen molar-refractivity contribution in [2.45, 2.75) is 30.9 Å². The lowest BCUT2D eigenvalue weighted by Crippen LogP contribution is -2.24. The third-order valence-corrected chi connectivity index (χ3v) is 2.65. The first-order valence-corrected chi connectivity index (χ1v) is 4.51. The van der Waals surface area contributed by atoms with Gasteiger partial charge in [0, 0.05) is 5.25 Å². The Bertz CT molecular complexity index is 147. The first-order valence-electron chi connectivity index (χ1n) is 4.00. The van der Waals surface area contributed by atoms with E-state index in [-0.39, 0.29) is 11.9 Å². The Morgan fingerprint density at radius 2 is 2.27 bits per heavy atom. The first-order chi connectivity index (χ1) is 5.24. The van der Waals surface area contributed by atoms with Crippen molar-refractivity contribution in [3.05, 3.63) is 0 Å². The highest BCUT2D eigenvalue weighted by Crippen LogP contribution is 2.27. The van der Waals surface area contributed by atoms with Gasteiger partial charge in [0.25, 0.3) is 0 Å². The van der Waals surface area contributed by atoms with Crippen LogP contribution in [0.1, 0.15) is 25.7 Å². The Morgan fingerprint density at radius 3 is 2.82 bits per heavy atom. The highest BCUT2D eigenvalue weighted by molar-refractivity contribution is 7.80. The van der Waals surface area contributed by atoms with Crippen LogP contribution in [0.4, 0.5) is 0 Å². The van der Waals surface area contributed by atoms with Crippen molar-refractivity contribution in [3.8, 4) is 0 Å². The number of rotatable bonds is 1. The second-order valence-corrected chi connectivity index (χ2v) is 3.77. The normalized spacial score (nSPS) is 31.5. The van der Waals surface area contributed by atoms with Crippen molar-refractivity contribution in [1.29, 1.82) is 0 Å². The Morgan fingerprint density at radius 1 is 1.55 bits per heavy atom. The number of methoxy groups -OCH3 is 1. The minimum absolute atomic E-state index is 0.0660. The third kappa shape index (κ3) is 2.40. The lowest BCUT2D eigenvalue weighted by Gasteiger charge is -2.23. The Hall–Kier alpha value is -0.180. The van der Waals surface area contributed by atoms with Crippen molar-refractivity contribution in [2.24, 2.45) is 5.92 Å². The molecule has 0 saturated heterocycles. The Balaban J connectivity index is 2.39. The molecule has 0 bridgehead atoms. The van der Waals surface area contributed by atoms with Crippen LogP contribution in [0.2, 0.25) is 0 Å². The number of hydrogen-bond donors (Lipinski definition) is 1. The summed E-state index contributed by atoms with van der Waals surface area (Å²) in [6.07, 6.45) is 4.10. The monoisotopic (exact) mass is 174 g/mol. The van der Waals surface area contributed by atoms with Gasteiger partial charge in [-0.1, -0.05) is 6.42 Å². The topological polar surface area (TPSA) is 26.3 Å². The van der Waals surface area contributed by atoms with Crippen LogP contribution in [-0.2, 0) is 9.53 Å². The fraction of sp³-hybridized carbons (Fsp3) is 0.875. The van der Waals surface area contributed by atoms with E-state index in [1.165, 1.54) is 7.11 Å². The van der Waals surface area contributed by atoms with Crippen LogP contribution >= 0.6 is 12.6 Å². The van der Waals surface area contributed by atoms with Gasteiger partial charge in [-0.25, -0.2) is 0 Å². The molecule has 0 heterocycles. The zero-order valence-electron chi connectivity index (χ0n) is 6.75. The standard InChI is InChI=1S/C8H14O2S/c1-10-8(9)6-3-2-4-7(11)5-6/h6-7,11H,2-5H2,1H3/t6-,7-/m0/s1. The highest BCUT2D eigenvalue weighted by Gasteiger charge is 2.25. The molecular formula is C8H14O2S. The molecule has 0 unspecified atom stereocenters. The zero-order chi connectivity index (χ0) is 8.27. The van der Waals surface area contributed by atoms with Crippen LogP contribution in [-0.4, -0.2) is 18.3 Å². The maximum atomic E-state index is 11.1. The minimum Gasteiger partial charge on any atom is -0.469 e. The van der Waals surface area contributed by atoms with Crippen LogP contribution < -0.4 is 0 Å². The van der Waals surface area contributed by atoms with Crippen molar-refractivity contribution in [3.63, 3.8) is 0 Å². The SMILES string of the molecule is COC(=O)[C@H]1CCC[C@H](S)C1. The van der Waals surface area contributed by atoms with Crippen LogP contribution in [0.25, 0.3) is 0 Å². The molecule has 0 aromatic heterocycles. The van der Waals surface area contributed by atoms with Crippen LogP contribution in [0.15, 0.2) is 0 Å². The molecule has 3 heteroatoms. The molecule has 0 amide bonds. The highest BCUT2D eigenvalue weighted by atomic mass is 32.1. The van der Waals surface area contributed by atoms with E-state index < -0.39 is 0 Å². The predicted octanol–water partition coefficient (Wildman–Crippen LogP) is 1.65. The van der Waals surface area contributed by atoms with Gasteiger partial charge in [0.05, 0.1) is 13.0 Å². The largest absolute Gasteiger partial charge is 0.469 e. The lowest BCUT2D eigenvalue weighted by atomic mass is 9.89. The fourth-order valence-electron chi connectivity index (χ4n) is 1.54. The van der Waals surface area contributed by atoms with Crippen molar-refractivity contribution < 1.29 is 9.53 Å². The summed E-state index contributed by atoms with van der Waals surface area (Å²) < 4.78 is 4.67. The number of carbonyl (C=O) groups excluding carboxylic acids is 1. The zero-order valence-corrected chi connectivity index (χ0v) is 7.64. The minimum atomic E-state index is -0.0660. The summed E-state index contributed by atoms with van der Waals surface area (Å²) in [5, 5.41) is 0.396. The maximum Gasteiger partial charge on any atom is 0.308 e. The van der Waals surface area contributed by atoms with Gasteiger partial charge in [-0.05, 0) is 19.3 Å². The Labute approximate surface area is 72.7 Å². The molecule has 1 fully saturated rings. The summed E-state index contributed by atoms with van der Waals surface area (Å²) in [7, 11) is 1.45. The van der Waals surface area contributed by atoms with Gasteiger partial charge >= 0.3 is 5.97 Å². The van der Waals surface area contributed by atoms with E-state index >= 15 is 0 Å². The molecule has 1 saturated carbocycles. The summed E-state index contributed by atoms with van der Waals surface area (Å²) in [6, 6.07) is 0. The molecule has 1 aliphatic rings. The van der Waals surface area contributed by atoms with Gasteiger partial charge in [0.1, 0.15) is 0 Å². The lowest BCUT2D eigenvalue weighted by molar-refractivity contribution is -0.146. The van der Waals surface area contributed by atoms with E-state index in [4.69, 9.17) is 0 Å². The van der Waals surface area contributed by atoms with Gasteiger partial charge in [0.15, 0.2) is 0 Å². The second kappa shape index (κ2) is 4.00. The van der Waals surface area contributed by atoms with Crippen molar-refractivity contribution >= 4 is 18.6 Å². The smallest absolute Gasteiger partial charge is 0.308 e. The molecule has 2 atom stereocenters. The summed E-state index contributed by atoms with van der Waals surface area (Å²) in [6.45, 7) is 0. The number of carbonyl (C=O) groups is 1. The van der Waals surface area contributed by atoms with Crippen molar-refractivity contribution in [2.75, 3.05) is 7.11 Å². The van der Waals surface area contributed by atoms with Crippen molar-refractivity contribution in [1.82, 2.24) is 0 Å². The number of ether oxygens (including phenoxy) is 1. The fourth-order valence-corrected chi connectivity index (χ4v) is 1.98. The number of hydrogen-bond acceptors (Lipinski definition) is 3. The van der Waals surface area contributed by atoms with Crippen LogP contribution in [0.3, 0.4) is 0 Å². The summed E-state index contributed by atoms with van der Waals surface area (Å²) in [5.41, 5.74) is 0. The molecule has 0 spiro atoms. The molecule has 0 aliphatic heterocycles. The van der Waals surface area contributed by atoms with Crippen LogP contribution in [0, 0.1) is 5.92 Å². The molecule has 0 radical (unpaired) electrons.